The highest BCUT2D eigenvalue weighted by Crippen LogP contribution is 2.47. The Balaban J connectivity index is 1.56. The van der Waals surface area contributed by atoms with Gasteiger partial charge in [0.05, 0.1) is 13.7 Å². The molecule has 1 aliphatic carbocycles. The summed E-state index contributed by atoms with van der Waals surface area (Å²) >= 11 is 0. The molecule has 0 spiro atoms. The number of hydrogen-bond donors (Lipinski definition) is 1. The van der Waals surface area contributed by atoms with E-state index >= 15 is 0 Å². The maximum atomic E-state index is 12.9. The Morgan fingerprint density at radius 2 is 2.17 bits per heavy atom. The van der Waals surface area contributed by atoms with Gasteiger partial charge < -0.3 is 19.7 Å². The number of halogens is 1. The molecule has 1 aromatic carbocycles. The number of ether oxygens (including phenoxy) is 2. The van der Waals surface area contributed by atoms with E-state index in [4.69, 9.17) is 9.47 Å². The molecule has 1 aliphatic heterocycles. The number of urea groups is 1. The van der Waals surface area contributed by atoms with E-state index in [1.54, 1.807) is 12.0 Å². The van der Waals surface area contributed by atoms with Crippen molar-refractivity contribution in [2.45, 2.75) is 30.8 Å². The Morgan fingerprint density at radius 1 is 1.42 bits per heavy atom. The Kier molecular flexibility index (Phi) is 5.23. The zero-order chi connectivity index (χ0) is 17.0. The molecule has 0 radical (unpaired) electrons. The first-order valence-electron chi connectivity index (χ1n) is 8.52. The average molecular weight is 336 g/mol. The summed E-state index contributed by atoms with van der Waals surface area (Å²) in [6.45, 7) is 1.49. The van der Waals surface area contributed by atoms with Crippen molar-refractivity contribution in [3.8, 4) is 5.75 Å². The van der Waals surface area contributed by atoms with E-state index in [0.717, 1.165) is 25.0 Å². The van der Waals surface area contributed by atoms with Gasteiger partial charge in [0.1, 0.15) is 18.5 Å². The number of benzene rings is 1. The van der Waals surface area contributed by atoms with Crippen LogP contribution in [0.15, 0.2) is 24.3 Å². The minimum Gasteiger partial charge on any atom is -0.497 e. The fourth-order valence-electron chi connectivity index (χ4n) is 3.19. The third kappa shape index (κ3) is 3.80. The maximum absolute atomic E-state index is 12.9. The second-order valence-electron chi connectivity index (χ2n) is 6.61. The molecule has 24 heavy (non-hydrogen) atoms. The molecule has 2 aliphatic rings. The van der Waals surface area contributed by atoms with Crippen molar-refractivity contribution >= 4 is 6.03 Å². The predicted octanol–water partition coefficient (Wildman–Crippen LogP) is 2.50. The Morgan fingerprint density at radius 3 is 2.79 bits per heavy atom. The molecule has 1 heterocycles. The topological polar surface area (TPSA) is 50.8 Å². The van der Waals surface area contributed by atoms with Crippen LogP contribution in [0.2, 0.25) is 0 Å². The monoisotopic (exact) mass is 336 g/mol. The van der Waals surface area contributed by atoms with Crippen LogP contribution in [0.3, 0.4) is 0 Å². The quantitative estimate of drug-likeness (QED) is 0.899. The van der Waals surface area contributed by atoms with E-state index < -0.39 is 12.8 Å². The summed E-state index contributed by atoms with van der Waals surface area (Å²) < 4.78 is 23.4. The van der Waals surface area contributed by atoms with Crippen molar-refractivity contribution in [2.75, 3.05) is 40.0 Å². The van der Waals surface area contributed by atoms with Crippen LogP contribution in [0.4, 0.5) is 9.18 Å². The molecule has 1 atom stereocenters. The number of carbonyl (C=O) groups is 1. The Hall–Kier alpha value is -1.82. The first kappa shape index (κ1) is 17.0. The van der Waals surface area contributed by atoms with E-state index in [1.165, 1.54) is 5.56 Å². The zero-order valence-electron chi connectivity index (χ0n) is 14.1. The number of amides is 2. The number of rotatable bonds is 5. The van der Waals surface area contributed by atoms with Crippen LogP contribution in [-0.2, 0) is 10.2 Å². The van der Waals surface area contributed by atoms with Gasteiger partial charge in [0.25, 0.3) is 0 Å². The van der Waals surface area contributed by atoms with Crippen LogP contribution in [-0.4, -0.2) is 57.1 Å². The molecule has 1 N–H and O–H groups in total. The van der Waals surface area contributed by atoms with Gasteiger partial charge in [-0.05, 0) is 37.0 Å². The van der Waals surface area contributed by atoms with Gasteiger partial charge in [-0.1, -0.05) is 12.1 Å². The fraction of sp³-hybridized carbons (Fsp3) is 0.611. The van der Waals surface area contributed by atoms with Crippen LogP contribution in [0.25, 0.3) is 0 Å². The van der Waals surface area contributed by atoms with Gasteiger partial charge in [-0.25, -0.2) is 9.18 Å². The summed E-state index contributed by atoms with van der Waals surface area (Å²) in [5, 5.41) is 3.03. The van der Waals surface area contributed by atoms with Crippen LogP contribution >= 0.6 is 0 Å². The SMILES string of the molecule is COc1ccc(C2(CNC(=O)N3CCCOC(CF)C3)CC2)cc1. The van der Waals surface area contributed by atoms with Crippen molar-refractivity contribution in [1.29, 1.82) is 0 Å². The second-order valence-corrected chi connectivity index (χ2v) is 6.61. The number of hydrogen-bond acceptors (Lipinski definition) is 3. The van der Waals surface area contributed by atoms with E-state index in [2.05, 4.69) is 17.4 Å². The minimum atomic E-state index is -0.556. The molecule has 2 fully saturated rings. The molecule has 1 aromatic rings. The maximum Gasteiger partial charge on any atom is 0.317 e. The lowest BCUT2D eigenvalue weighted by atomic mass is 9.96. The number of nitrogens with zero attached hydrogens (tertiary/aromatic N) is 1. The van der Waals surface area contributed by atoms with Gasteiger partial charge >= 0.3 is 6.03 Å². The van der Waals surface area contributed by atoms with Crippen molar-refractivity contribution in [2.24, 2.45) is 0 Å². The molecular formula is C18H25FN2O3. The van der Waals surface area contributed by atoms with Crippen molar-refractivity contribution in [3.63, 3.8) is 0 Å². The standard InChI is InChI=1S/C18H25FN2O3/c1-23-15-5-3-14(4-6-15)18(7-8-18)13-20-17(22)21-9-2-10-24-16(11-19)12-21/h3-6,16H,2,7-13H2,1H3,(H,20,22). The Bertz CT molecular complexity index is 560. The van der Waals surface area contributed by atoms with Gasteiger partial charge in [0, 0.05) is 25.1 Å². The van der Waals surface area contributed by atoms with Crippen LogP contribution in [0.5, 0.6) is 5.75 Å². The third-order valence-corrected chi connectivity index (χ3v) is 4.94. The summed E-state index contributed by atoms with van der Waals surface area (Å²) in [5.41, 5.74) is 1.26. The van der Waals surface area contributed by atoms with Crippen LogP contribution in [0.1, 0.15) is 24.8 Å². The molecule has 1 saturated heterocycles. The van der Waals surface area contributed by atoms with Gasteiger partial charge in [-0.2, -0.15) is 0 Å². The molecule has 3 rings (SSSR count). The lowest BCUT2D eigenvalue weighted by molar-refractivity contribution is 0.0403. The first-order valence-corrected chi connectivity index (χ1v) is 8.52. The molecule has 1 unspecified atom stereocenters. The van der Waals surface area contributed by atoms with Gasteiger partial charge in [0.2, 0.25) is 0 Å². The predicted molar refractivity (Wildman–Crippen MR) is 89.2 cm³/mol. The fourth-order valence-corrected chi connectivity index (χ4v) is 3.19. The normalized spacial score (nSPS) is 22.6. The Labute approximate surface area is 142 Å². The summed E-state index contributed by atoms with van der Waals surface area (Å²) in [6.07, 6.45) is 2.37. The van der Waals surface area contributed by atoms with Crippen LogP contribution in [0, 0.1) is 0 Å². The van der Waals surface area contributed by atoms with Crippen molar-refractivity contribution in [3.05, 3.63) is 29.8 Å². The zero-order valence-corrected chi connectivity index (χ0v) is 14.1. The molecule has 6 heteroatoms. The number of methoxy groups -OCH3 is 1. The summed E-state index contributed by atoms with van der Waals surface area (Å²) in [7, 11) is 1.65. The first-order chi connectivity index (χ1) is 11.7. The number of carbonyl (C=O) groups excluding carboxylic acids is 1. The molecule has 5 nitrogen and oxygen atoms in total. The van der Waals surface area contributed by atoms with Crippen molar-refractivity contribution in [1.82, 2.24) is 10.2 Å². The largest absolute Gasteiger partial charge is 0.497 e. The molecular weight excluding hydrogens is 311 g/mol. The molecule has 0 bridgehead atoms. The van der Waals surface area contributed by atoms with Crippen molar-refractivity contribution < 1.29 is 18.7 Å². The van der Waals surface area contributed by atoms with Gasteiger partial charge in [-0.3, -0.25) is 0 Å². The third-order valence-electron chi connectivity index (χ3n) is 4.94. The highest BCUT2D eigenvalue weighted by Gasteiger charge is 2.44. The lowest BCUT2D eigenvalue weighted by Crippen LogP contribution is -2.45. The number of alkyl halides is 1. The lowest BCUT2D eigenvalue weighted by Gasteiger charge is -2.25. The molecule has 2 amide bonds. The van der Waals surface area contributed by atoms with Gasteiger partial charge in [0.15, 0.2) is 0 Å². The molecule has 0 aromatic heterocycles. The van der Waals surface area contributed by atoms with Gasteiger partial charge in [-0.15, -0.1) is 0 Å². The summed E-state index contributed by atoms with van der Waals surface area (Å²) in [5.74, 6) is 0.834. The summed E-state index contributed by atoms with van der Waals surface area (Å²) in [4.78, 5) is 14.1. The molecule has 132 valence electrons. The van der Waals surface area contributed by atoms with E-state index in [0.29, 0.717) is 26.2 Å². The highest BCUT2D eigenvalue weighted by molar-refractivity contribution is 5.74. The second kappa shape index (κ2) is 7.38. The van der Waals surface area contributed by atoms with E-state index in [1.807, 2.05) is 12.1 Å². The smallest absolute Gasteiger partial charge is 0.317 e. The summed E-state index contributed by atoms with van der Waals surface area (Å²) in [6, 6.07) is 7.91. The van der Waals surface area contributed by atoms with Crippen LogP contribution < -0.4 is 10.1 Å². The highest BCUT2D eigenvalue weighted by atomic mass is 19.1. The molecule has 1 saturated carbocycles. The number of nitrogens with one attached hydrogen (secondary N) is 1. The average Bonchev–Trinajstić information content (AvgIpc) is 3.44. The van der Waals surface area contributed by atoms with E-state index in [9.17, 15) is 9.18 Å². The van der Waals surface area contributed by atoms with E-state index in [-0.39, 0.29) is 11.4 Å². The minimum absolute atomic E-state index is 0.0315.